The van der Waals surface area contributed by atoms with Crippen molar-refractivity contribution in [1.29, 1.82) is 0 Å². The minimum absolute atomic E-state index is 0.658. The molecule has 0 unspecified atom stereocenters. The lowest BCUT2D eigenvalue weighted by Crippen LogP contribution is -2.58. The molecule has 0 spiro atoms. The summed E-state index contributed by atoms with van der Waals surface area (Å²) in [5.41, 5.74) is 5.26. The molecule has 21 nitrogen and oxygen atoms in total. The number of carbonyl (C=O) groups is 8. The zero-order valence-corrected chi connectivity index (χ0v) is 21.5. The number of nitrogens with two attached hydrogens (primary N) is 1. The quantitative estimate of drug-likeness (QED) is 0.0660. The van der Waals surface area contributed by atoms with Crippen LogP contribution in [-0.4, -0.2) is 150 Å². The topological polar surface area (TPSA) is 348 Å². The first-order valence-electron chi connectivity index (χ1n) is 11.7. The Bertz CT molecular complexity index is 963. The Morgan fingerprint density at radius 2 is 0.878 bits per heavy atom. The lowest BCUT2D eigenvalue weighted by atomic mass is 10.2. The molecular formula is C20H34N8O13. The Balaban J connectivity index is 4.76. The average Bonchev–Trinajstić information content (AvgIpc) is 2.95. The van der Waals surface area contributed by atoms with E-state index in [-0.39, 0.29) is 0 Å². The fraction of sp³-hybridized carbons (Fsp3) is 0.600. The predicted molar refractivity (Wildman–Crippen MR) is 132 cm³/mol. The molecule has 0 bridgehead atoms. The van der Waals surface area contributed by atoms with Crippen LogP contribution < -0.4 is 43.0 Å². The molecular weight excluding hydrogens is 560 g/mol. The highest BCUT2D eigenvalue weighted by Crippen LogP contribution is 1.90. The summed E-state index contributed by atoms with van der Waals surface area (Å²) in [5, 5.41) is 59.7. The van der Waals surface area contributed by atoms with E-state index in [2.05, 4.69) is 16.0 Å². The number of carboxylic acids is 1. The van der Waals surface area contributed by atoms with E-state index in [1.807, 2.05) is 21.3 Å². The van der Waals surface area contributed by atoms with Crippen molar-refractivity contribution >= 4 is 47.3 Å². The summed E-state index contributed by atoms with van der Waals surface area (Å²) in [7, 11) is 0. The van der Waals surface area contributed by atoms with Gasteiger partial charge in [-0.25, -0.2) is 0 Å². The highest BCUT2D eigenvalue weighted by atomic mass is 16.4. The summed E-state index contributed by atoms with van der Waals surface area (Å²) in [6.45, 7) is -6.35. The number of nitrogens with one attached hydrogen (secondary N) is 7. The summed E-state index contributed by atoms with van der Waals surface area (Å²) >= 11 is 0. The molecule has 0 radical (unpaired) electrons. The van der Waals surface area contributed by atoms with Crippen LogP contribution in [0.2, 0.25) is 0 Å². The molecule has 0 saturated carbocycles. The monoisotopic (exact) mass is 594 g/mol. The fourth-order valence-electron chi connectivity index (χ4n) is 2.54. The zero-order valence-electron chi connectivity index (χ0n) is 21.5. The van der Waals surface area contributed by atoms with Gasteiger partial charge in [0.05, 0.1) is 46.1 Å². The molecule has 0 aliphatic rings. The Morgan fingerprint density at radius 3 is 1.29 bits per heavy atom. The van der Waals surface area contributed by atoms with E-state index in [0.717, 1.165) is 0 Å². The third kappa shape index (κ3) is 15.1. The first-order chi connectivity index (χ1) is 19.3. The molecule has 0 heterocycles. The standard InChI is InChI=1S/C20H34N8O13/c21-9(5-29)17(38)23-2-14(34)27-12(8-32)20(41)28-11(7-31)19(40)25-3-15(35)26-10(6-30)18(39)24-1-13(33)22-4-16(36)37/h9-12,29-32H,1-8,21H2,(H,22,33)(H,23,38)(H,24,39)(H,25,40)(H,26,35)(H,27,34)(H,28,41)(H,36,37)/t9-,10-,11-,12-/m0/s1. The largest absolute Gasteiger partial charge is 0.480 e. The molecule has 0 aromatic rings. The molecule has 0 fully saturated rings. The maximum absolute atomic E-state index is 12.3. The van der Waals surface area contributed by atoms with Gasteiger partial charge in [0.25, 0.3) is 0 Å². The normalized spacial score (nSPS) is 13.3. The maximum Gasteiger partial charge on any atom is 0.322 e. The Hall–Kier alpha value is -4.44. The van der Waals surface area contributed by atoms with Crippen molar-refractivity contribution in [2.45, 2.75) is 24.2 Å². The maximum atomic E-state index is 12.3. The van der Waals surface area contributed by atoms with Gasteiger partial charge in [-0.2, -0.15) is 0 Å². The molecule has 0 aromatic heterocycles. The smallest absolute Gasteiger partial charge is 0.322 e. The number of aliphatic hydroxyl groups excluding tert-OH is 4. The number of carbonyl (C=O) groups excluding carboxylic acids is 7. The van der Waals surface area contributed by atoms with Crippen LogP contribution in [0.4, 0.5) is 0 Å². The van der Waals surface area contributed by atoms with E-state index >= 15 is 0 Å². The van der Waals surface area contributed by atoms with Crippen LogP contribution in [0.5, 0.6) is 0 Å². The second-order valence-corrected chi connectivity index (χ2v) is 7.96. The molecule has 232 valence electrons. The highest BCUT2D eigenvalue weighted by Gasteiger charge is 2.27. The molecule has 14 N–H and O–H groups in total. The van der Waals surface area contributed by atoms with Crippen molar-refractivity contribution in [1.82, 2.24) is 37.2 Å². The van der Waals surface area contributed by atoms with Gasteiger partial charge in [0, 0.05) is 0 Å². The van der Waals surface area contributed by atoms with Crippen molar-refractivity contribution in [2.75, 3.05) is 52.6 Å². The van der Waals surface area contributed by atoms with Crippen molar-refractivity contribution < 1.29 is 63.9 Å². The lowest BCUT2D eigenvalue weighted by Gasteiger charge is -2.21. The van der Waals surface area contributed by atoms with Crippen LogP contribution in [0.15, 0.2) is 0 Å². The Morgan fingerprint density at radius 1 is 0.488 bits per heavy atom. The number of aliphatic carboxylic acids is 1. The predicted octanol–water partition coefficient (Wildman–Crippen LogP) is -9.71. The minimum Gasteiger partial charge on any atom is -0.480 e. The zero-order chi connectivity index (χ0) is 31.5. The molecule has 0 saturated heterocycles. The van der Waals surface area contributed by atoms with E-state index in [0.29, 0.717) is 0 Å². The van der Waals surface area contributed by atoms with Gasteiger partial charge in [0.15, 0.2) is 0 Å². The fourth-order valence-corrected chi connectivity index (χ4v) is 2.54. The van der Waals surface area contributed by atoms with Crippen LogP contribution in [0.3, 0.4) is 0 Å². The van der Waals surface area contributed by atoms with Crippen LogP contribution in [0.1, 0.15) is 0 Å². The van der Waals surface area contributed by atoms with E-state index in [1.165, 1.54) is 0 Å². The van der Waals surface area contributed by atoms with Crippen molar-refractivity contribution in [3.8, 4) is 0 Å². The van der Waals surface area contributed by atoms with E-state index in [1.54, 1.807) is 0 Å². The Kier molecular flexibility index (Phi) is 17.5. The number of hydrogen-bond donors (Lipinski definition) is 13. The van der Waals surface area contributed by atoms with Gasteiger partial charge >= 0.3 is 5.97 Å². The van der Waals surface area contributed by atoms with Crippen LogP contribution >= 0.6 is 0 Å². The van der Waals surface area contributed by atoms with Gasteiger partial charge in [-0.1, -0.05) is 0 Å². The van der Waals surface area contributed by atoms with Gasteiger partial charge < -0.3 is 68.5 Å². The minimum atomic E-state index is -1.66. The third-order valence-electron chi connectivity index (χ3n) is 4.72. The lowest BCUT2D eigenvalue weighted by molar-refractivity contribution is -0.138. The van der Waals surface area contributed by atoms with Gasteiger partial charge in [-0.05, 0) is 0 Å². The summed E-state index contributed by atoms with van der Waals surface area (Å²) in [4.78, 5) is 93.9. The Labute approximate surface area is 231 Å². The highest BCUT2D eigenvalue weighted by molar-refractivity contribution is 5.95. The molecule has 41 heavy (non-hydrogen) atoms. The first-order valence-corrected chi connectivity index (χ1v) is 11.7. The number of aliphatic hydroxyl groups is 4. The van der Waals surface area contributed by atoms with Crippen LogP contribution in [-0.2, 0) is 38.4 Å². The third-order valence-corrected chi connectivity index (χ3v) is 4.72. The molecule has 0 aromatic carbocycles. The molecule has 0 rings (SSSR count). The second-order valence-electron chi connectivity index (χ2n) is 7.96. The van der Waals surface area contributed by atoms with Gasteiger partial charge in [0.1, 0.15) is 30.7 Å². The van der Waals surface area contributed by atoms with Gasteiger partial charge in [-0.3, -0.25) is 38.4 Å². The van der Waals surface area contributed by atoms with Crippen molar-refractivity contribution in [3.63, 3.8) is 0 Å². The molecule has 0 aliphatic heterocycles. The molecule has 4 atom stereocenters. The number of rotatable bonds is 19. The first kappa shape index (κ1) is 36.6. The SMILES string of the molecule is N[C@@H](CO)C(=O)NCC(=O)N[C@@H](CO)C(=O)N[C@@H](CO)C(=O)NCC(=O)N[C@@H](CO)C(=O)NCC(=O)NCC(=O)O. The van der Waals surface area contributed by atoms with Crippen molar-refractivity contribution in [2.24, 2.45) is 5.73 Å². The van der Waals surface area contributed by atoms with Gasteiger partial charge in [-0.15, -0.1) is 0 Å². The van der Waals surface area contributed by atoms with Crippen LogP contribution in [0, 0.1) is 0 Å². The van der Waals surface area contributed by atoms with Gasteiger partial charge in [0.2, 0.25) is 41.4 Å². The molecule has 7 amide bonds. The molecule has 21 heteroatoms. The number of carboxylic acid groups (broad SMARTS) is 1. The second kappa shape index (κ2) is 19.6. The molecule has 0 aliphatic carbocycles. The summed E-state index contributed by atoms with van der Waals surface area (Å²) in [6.07, 6.45) is 0. The van der Waals surface area contributed by atoms with E-state index < -0.39 is 124 Å². The summed E-state index contributed by atoms with van der Waals surface area (Å²) in [5.74, 6) is -8.21. The van der Waals surface area contributed by atoms with E-state index in [4.69, 9.17) is 15.9 Å². The number of hydrogen-bond acceptors (Lipinski definition) is 13. The van der Waals surface area contributed by atoms with Crippen LogP contribution in [0.25, 0.3) is 0 Å². The summed E-state index contributed by atoms with van der Waals surface area (Å²) < 4.78 is 0. The number of amides is 7. The van der Waals surface area contributed by atoms with E-state index in [9.17, 15) is 53.7 Å². The van der Waals surface area contributed by atoms with Crippen molar-refractivity contribution in [3.05, 3.63) is 0 Å². The summed E-state index contributed by atoms with van der Waals surface area (Å²) in [6, 6.07) is -6.13. The average molecular weight is 595 g/mol.